The van der Waals surface area contributed by atoms with Crippen LogP contribution in [0, 0.1) is 6.92 Å². The van der Waals surface area contributed by atoms with Crippen LogP contribution in [-0.2, 0) is 0 Å². The molecule has 0 fully saturated rings. The molecule has 0 atom stereocenters. The third kappa shape index (κ3) is 3.82. The number of para-hydroxylation sites is 1. The van der Waals surface area contributed by atoms with E-state index in [1.807, 2.05) is 37.3 Å². The number of benzene rings is 1. The molecule has 0 N–H and O–H groups in total. The second-order valence-electron chi connectivity index (χ2n) is 5.41. The predicted octanol–water partition coefficient (Wildman–Crippen LogP) is 4.55. The third-order valence-electron chi connectivity index (χ3n) is 2.48. The molecule has 0 spiro atoms. The van der Waals surface area contributed by atoms with Gasteiger partial charge in [-0.2, -0.15) is 0 Å². The maximum absolute atomic E-state index is 6.08. The molecule has 0 aliphatic heterocycles. The molecular weight excluding hydrogens is 254 g/mol. The maximum Gasteiger partial charge on any atom is 0.242 e. The van der Waals surface area contributed by atoms with Crippen molar-refractivity contribution < 1.29 is 8.84 Å². The predicted molar refractivity (Wildman–Crippen MR) is 81.1 cm³/mol. The lowest BCUT2D eigenvalue weighted by Gasteiger charge is -2.21. The van der Waals surface area contributed by atoms with Crippen molar-refractivity contribution in [3.8, 4) is 5.75 Å². The van der Waals surface area contributed by atoms with Gasteiger partial charge in [0, 0.05) is 0 Å². The highest BCUT2D eigenvalue weighted by Crippen LogP contribution is 2.32. The van der Waals surface area contributed by atoms with Crippen LogP contribution in [0.3, 0.4) is 0 Å². The Kier molecular flexibility index (Phi) is 3.90. The lowest BCUT2D eigenvalue weighted by Crippen LogP contribution is -2.29. The molecule has 19 heavy (non-hydrogen) atoms. The topological polar surface area (TPSA) is 34.7 Å². The molecule has 100 valence electrons. The Morgan fingerprint density at radius 3 is 2.58 bits per heavy atom. The van der Waals surface area contributed by atoms with Gasteiger partial charge in [-0.15, -0.1) is 0 Å². The van der Waals surface area contributed by atoms with Crippen LogP contribution >= 0.6 is 0 Å². The molecule has 2 rings (SSSR count). The number of aryl methyl sites for hydroxylation is 1. The molecule has 0 saturated heterocycles. The Labute approximate surface area is 115 Å². The van der Waals surface area contributed by atoms with E-state index in [1.54, 1.807) is 12.5 Å². The highest BCUT2D eigenvalue weighted by Gasteiger charge is 2.18. The van der Waals surface area contributed by atoms with Crippen LogP contribution in [0.15, 0.2) is 46.0 Å². The van der Waals surface area contributed by atoms with E-state index >= 15 is 0 Å². The van der Waals surface area contributed by atoms with Crippen LogP contribution in [0.4, 0.5) is 5.69 Å². The summed E-state index contributed by atoms with van der Waals surface area (Å²) in [6.45, 7) is 8.52. The zero-order valence-corrected chi connectivity index (χ0v) is 12.8. The molecule has 4 heteroatoms. The second-order valence-corrected chi connectivity index (χ2v) is 9.84. The molecule has 0 amide bonds. The molecular formula is C15H19NO2Si. The number of aliphatic imine (C=N–C) groups is 1. The van der Waals surface area contributed by atoms with Crippen LogP contribution in [-0.4, -0.2) is 14.5 Å². The van der Waals surface area contributed by atoms with E-state index in [2.05, 4.69) is 24.6 Å². The SMILES string of the molecule is Cc1cccc(O[Si](C)(C)C)c1/N=C/c1ccco1. The normalized spacial score (nSPS) is 12.0. The van der Waals surface area contributed by atoms with Crippen LogP contribution in [0.1, 0.15) is 11.3 Å². The quantitative estimate of drug-likeness (QED) is 0.605. The highest BCUT2D eigenvalue weighted by atomic mass is 28.4. The first-order valence-corrected chi connectivity index (χ1v) is 9.73. The van der Waals surface area contributed by atoms with Crippen molar-refractivity contribution in [3.05, 3.63) is 47.9 Å². The van der Waals surface area contributed by atoms with E-state index in [9.17, 15) is 0 Å². The van der Waals surface area contributed by atoms with Gasteiger partial charge in [0.05, 0.1) is 12.5 Å². The second kappa shape index (κ2) is 5.44. The zero-order valence-electron chi connectivity index (χ0n) is 11.8. The van der Waals surface area contributed by atoms with Gasteiger partial charge in [0.15, 0.2) is 0 Å². The summed E-state index contributed by atoms with van der Waals surface area (Å²) in [4.78, 5) is 4.51. The summed E-state index contributed by atoms with van der Waals surface area (Å²) in [6.07, 6.45) is 3.36. The van der Waals surface area contributed by atoms with Crippen molar-refractivity contribution in [1.29, 1.82) is 0 Å². The van der Waals surface area contributed by atoms with Gasteiger partial charge in [-0.25, -0.2) is 4.99 Å². The van der Waals surface area contributed by atoms with Gasteiger partial charge in [0.25, 0.3) is 0 Å². The smallest absolute Gasteiger partial charge is 0.242 e. The van der Waals surface area contributed by atoms with Gasteiger partial charge >= 0.3 is 0 Å². The van der Waals surface area contributed by atoms with E-state index in [-0.39, 0.29) is 0 Å². The Morgan fingerprint density at radius 2 is 1.95 bits per heavy atom. The number of nitrogens with zero attached hydrogens (tertiary/aromatic N) is 1. The summed E-state index contributed by atoms with van der Waals surface area (Å²) in [6, 6.07) is 9.72. The fraction of sp³-hybridized carbons (Fsp3) is 0.267. The lowest BCUT2D eigenvalue weighted by atomic mass is 10.2. The molecule has 1 heterocycles. The Morgan fingerprint density at radius 1 is 1.16 bits per heavy atom. The van der Waals surface area contributed by atoms with Crippen molar-refractivity contribution in [2.24, 2.45) is 4.99 Å². The van der Waals surface area contributed by atoms with Crippen LogP contribution in [0.25, 0.3) is 0 Å². The largest absolute Gasteiger partial charge is 0.543 e. The van der Waals surface area contributed by atoms with Gasteiger partial charge in [-0.05, 0) is 50.3 Å². The van der Waals surface area contributed by atoms with Gasteiger partial charge in [0.2, 0.25) is 8.32 Å². The number of rotatable bonds is 4. The summed E-state index contributed by atoms with van der Waals surface area (Å²) in [5.41, 5.74) is 1.97. The molecule has 0 aliphatic rings. The Hall–Kier alpha value is -1.81. The molecule has 0 radical (unpaired) electrons. The minimum Gasteiger partial charge on any atom is -0.543 e. The van der Waals surface area contributed by atoms with E-state index in [0.29, 0.717) is 0 Å². The van der Waals surface area contributed by atoms with E-state index in [4.69, 9.17) is 8.84 Å². The minimum atomic E-state index is -1.64. The van der Waals surface area contributed by atoms with Gasteiger partial charge in [0.1, 0.15) is 17.2 Å². The third-order valence-corrected chi connectivity index (χ3v) is 3.31. The number of furan rings is 1. The van der Waals surface area contributed by atoms with Crippen molar-refractivity contribution in [2.75, 3.05) is 0 Å². The standard InChI is InChI=1S/C15H19NO2Si/c1-12-7-5-9-14(18-19(2,3)4)15(12)16-11-13-8-6-10-17-13/h5-11H,1-4H3/b16-11+. The molecule has 0 aliphatic carbocycles. The molecule has 2 aromatic rings. The average molecular weight is 273 g/mol. The minimum absolute atomic E-state index is 0.738. The molecule has 0 unspecified atom stereocenters. The Balaban J connectivity index is 2.33. The number of hydrogen-bond acceptors (Lipinski definition) is 3. The van der Waals surface area contributed by atoms with Crippen LogP contribution in [0.5, 0.6) is 5.75 Å². The fourth-order valence-corrected chi connectivity index (χ4v) is 2.53. The molecule has 1 aromatic heterocycles. The van der Waals surface area contributed by atoms with Gasteiger partial charge < -0.3 is 8.84 Å². The summed E-state index contributed by atoms with van der Waals surface area (Å²) in [7, 11) is -1.64. The summed E-state index contributed by atoms with van der Waals surface area (Å²) < 4.78 is 11.3. The summed E-state index contributed by atoms with van der Waals surface area (Å²) in [5.74, 6) is 1.59. The van der Waals surface area contributed by atoms with Gasteiger partial charge in [-0.1, -0.05) is 12.1 Å². The first-order valence-electron chi connectivity index (χ1n) is 6.32. The monoisotopic (exact) mass is 273 g/mol. The summed E-state index contributed by atoms with van der Waals surface area (Å²) >= 11 is 0. The van der Waals surface area contributed by atoms with Crippen molar-refractivity contribution in [3.63, 3.8) is 0 Å². The lowest BCUT2D eigenvalue weighted by molar-refractivity contribution is 0.557. The van der Waals surface area contributed by atoms with Gasteiger partial charge in [-0.3, -0.25) is 0 Å². The molecule has 1 aromatic carbocycles. The molecule has 0 saturated carbocycles. The van der Waals surface area contributed by atoms with Crippen LogP contribution < -0.4 is 4.43 Å². The zero-order chi connectivity index (χ0) is 13.9. The average Bonchev–Trinajstić information content (AvgIpc) is 2.79. The van der Waals surface area contributed by atoms with E-state index < -0.39 is 8.32 Å². The fourth-order valence-electron chi connectivity index (χ4n) is 1.70. The van der Waals surface area contributed by atoms with Crippen molar-refractivity contribution >= 4 is 20.2 Å². The summed E-state index contributed by atoms with van der Waals surface area (Å²) in [5, 5.41) is 0. The van der Waals surface area contributed by atoms with Crippen molar-refractivity contribution in [1.82, 2.24) is 0 Å². The Bertz CT molecular complexity index is 568. The van der Waals surface area contributed by atoms with E-state index in [1.165, 1.54) is 0 Å². The highest BCUT2D eigenvalue weighted by molar-refractivity contribution is 6.70. The number of hydrogen-bond donors (Lipinski definition) is 0. The first-order chi connectivity index (χ1) is 8.96. The molecule has 3 nitrogen and oxygen atoms in total. The van der Waals surface area contributed by atoms with Crippen LogP contribution in [0.2, 0.25) is 19.6 Å². The van der Waals surface area contributed by atoms with E-state index in [0.717, 1.165) is 22.8 Å². The van der Waals surface area contributed by atoms with Crippen molar-refractivity contribution in [2.45, 2.75) is 26.6 Å². The molecule has 0 bridgehead atoms. The maximum atomic E-state index is 6.08. The first kappa shape index (κ1) is 13.6.